The Morgan fingerprint density at radius 1 is 1.47 bits per heavy atom. The molecular weight excluding hydrogens is 190 g/mol. The molecule has 0 aliphatic rings. The smallest absolute Gasteiger partial charge is 0.119 e. The van der Waals surface area contributed by atoms with Gasteiger partial charge in [-0.05, 0) is 38.8 Å². The lowest BCUT2D eigenvalue weighted by molar-refractivity contribution is 0.0771. The number of aliphatic hydroxyl groups is 1. The third-order valence-corrected chi connectivity index (χ3v) is 2.10. The highest BCUT2D eigenvalue weighted by Crippen LogP contribution is 2.14. The van der Waals surface area contributed by atoms with Gasteiger partial charge < -0.3 is 15.6 Å². The van der Waals surface area contributed by atoms with Gasteiger partial charge in [0.05, 0.1) is 6.61 Å². The van der Waals surface area contributed by atoms with Crippen LogP contribution in [0, 0.1) is 0 Å². The Kier molecular flexibility index (Phi) is 5.79. The van der Waals surface area contributed by atoms with Gasteiger partial charge in [0.25, 0.3) is 0 Å². The Balaban J connectivity index is 4.52. The third-order valence-electron chi connectivity index (χ3n) is 2.10. The molecule has 0 saturated heterocycles. The molecule has 0 rings (SSSR count). The first-order valence-electron chi connectivity index (χ1n) is 4.96. The highest BCUT2D eigenvalue weighted by atomic mass is 16.5. The zero-order chi connectivity index (χ0) is 12.0. The van der Waals surface area contributed by atoms with Gasteiger partial charge in [0.15, 0.2) is 0 Å². The lowest BCUT2D eigenvalue weighted by atomic mass is 10.1. The van der Waals surface area contributed by atoms with Crippen molar-refractivity contribution in [2.24, 2.45) is 5.73 Å². The van der Waals surface area contributed by atoms with Crippen LogP contribution in [0.5, 0.6) is 0 Å². The minimum absolute atomic E-state index is 0.0168. The summed E-state index contributed by atoms with van der Waals surface area (Å²) in [5.74, 6) is 0.567. The Hall–Kier alpha value is -1.22. The Morgan fingerprint density at radius 2 is 2.00 bits per heavy atom. The van der Waals surface area contributed by atoms with Crippen LogP contribution < -0.4 is 5.73 Å². The number of aliphatic hydroxyl groups excluding tert-OH is 1. The zero-order valence-electron chi connectivity index (χ0n) is 10.0. The largest absolute Gasteiger partial charge is 0.489 e. The fourth-order valence-electron chi connectivity index (χ4n) is 0.892. The van der Waals surface area contributed by atoms with Crippen molar-refractivity contribution >= 4 is 0 Å². The number of allylic oxidation sites excluding steroid dienone is 4. The lowest BCUT2D eigenvalue weighted by Crippen LogP contribution is -2.12. The molecule has 0 radical (unpaired) electrons. The van der Waals surface area contributed by atoms with Gasteiger partial charge in [0.1, 0.15) is 11.9 Å². The van der Waals surface area contributed by atoms with E-state index in [1.165, 1.54) is 0 Å². The molecule has 0 aliphatic heterocycles. The van der Waals surface area contributed by atoms with Gasteiger partial charge in [-0.3, -0.25) is 0 Å². The maximum absolute atomic E-state index is 8.82. The minimum Gasteiger partial charge on any atom is -0.489 e. The summed E-state index contributed by atoms with van der Waals surface area (Å²) < 4.78 is 5.37. The molecule has 0 amide bonds. The molecule has 0 aromatic carbocycles. The van der Waals surface area contributed by atoms with Crippen LogP contribution in [0.25, 0.3) is 0 Å². The highest BCUT2D eigenvalue weighted by molar-refractivity contribution is 5.31. The maximum Gasteiger partial charge on any atom is 0.119 e. The zero-order valence-corrected chi connectivity index (χ0v) is 10.0. The van der Waals surface area contributed by atoms with Crippen LogP contribution in [0.3, 0.4) is 0 Å². The minimum atomic E-state index is -0.232. The quantitative estimate of drug-likeness (QED) is 0.541. The Bertz CT molecular complexity index is 286. The standard InChI is InChI=1S/C12H21NO2/c1-8(11(4)13)6-9(2)12(5)15-10(3)7-14/h6,10,14H,5,7,13H2,1-4H3/b9-6-,11-8-. The average Bonchev–Trinajstić information content (AvgIpc) is 2.16. The number of rotatable bonds is 5. The summed E-state index contributed by atoms with van der Waals surface area (Å²) in [6.07, 6.45) is 1.69. The van der Waals surface area contributed by atoms with Crippen LogP contribution in [-0.4, -0.2) is 17.8 Å². The van der Waals surface area contributed by atoms with Gasteiger partial charge in [0, 0.05) is 5.70 Å². The monoisotopic (exact) mass is 211 g/mol. The van der Waals surface area contributed by atoms with Crippen LogP contribution in [-0.2, 0) is 4.74 Å². The van der Waals surface area contributed by atoms with Crippen molar-refractivity contribution in [3.05, 3.63) is 35.3 Å². The van der Waals surface area contributed by atoms with Crippen LogP contribution in [0.15, 0.2) is 35.3 Å². The number of hydrogen-bond acceptors (Lipinski definition) is 3. The molecule has 3 N–H and O–H groups in total. The maximum atomic E-state index is 8.82. The summed E-state index contributed by atoms with van der Waals surface area (Å²) in [5.41, 5.74) is 8.32. The first-order valence-corrected chi connectivity index (χ1v) is 4.96. The molecule has 0 bridgehead atoms. The van der Waals surface area contributed by atoms with E-state index in [9.17, 15) is 0 Å². The van der Waals surface area contributed by atoms with Gasteiger partial charge in [-0.2, -0.15) is 0 Å². The molecule has 1 atom stereocenters. The van der Waals surface area contributed by atoms with E-state index in [0.29, 0.717) is 5.76 Å². The van der Waals surface area contributed by atoms with Crippen molar-refractivity contribution in [3.8, 4) is 0 Å². The number of hydrogen-bond donors (Lipinski definition) is 2. The van der Waals surface area contributed by atoms with Crippen LogP contribution in [0.1, 0.15) is 27.7 Å². The second kappa shape index (κ2) is 6.30. The van der Waals surface area contributed by atoms with E-state index < -0.39 is 0 Å². The molecule has 0 saturated carbocycles. The molecule has 0 fully saturated rings. The van der Waals surface area contributed by atoms with Crippen molar-refractivity contribution in [1.82, 2.24) is 0 Å². The topological polar surface area (TPSA) is 55.5 Å². The third kappa shape index (κ3) is 5.27. The summed E-state index contributed by atoms with van der Waals surface area (Å²) in [6.45, 7) is 11.2. The van der Waals surface area contributed by atoms with Crippen LogP contribution in [0.4, 0.5) is 0 Å². The fraction of sp³-hybridized carbons (Fsp3) is 0.500. The van der Waals surface area contributed by atoms with Gasteiger partial charge in [0.2, 0.25) is 0 Å². The van der Waals surface area contributed by atoms with E-state index in [1.807, 2.05) is 26.8 Å². The van der Waals surface area contributed by atoms with E-state index in [2.05, 4.69) is 6.58 Å². The highest BCUT2D eigenvalue weighted by Gasteiger charge is 2.04. The first kappa shape index (κ1) is 13.8. The molecule has 0 aromatic heterocycles. The van der Waals surface area contributed by atoms with E-state index in [-0.39, 0.29) is 12.7 Å². The van der Waals surface area contributed by atoms with E-state index >= 15 is 0 Å². The predicted octanol–water partition coefficient (Wildman–Crippen LogP) is 2.10. The Labute approximate surface area is 91.9 Å². The van der Waals surface area contributed by atoms with E-state index in [4.69, 9.17) is 15.6 Å². The van der Waals surface area contributed by atoms with Crippen molar-refractivity contribution in [3.63, 3.8) is 0 Å². The van der Waals surface area contributed by atoms with E-state index in [0.717, 1.165) is 16.8 Å². The molecular formula is C12H21NO2. The van der Waals surface area contributed by atoms with Crippen molar-refractivity contribution in [2.45, 2.75) is 33.8 Å². The summed E-state index contributed by atoms with van der Waals surface area (Å²) in [4.78, 5) is 0. The molecule has 0 heterocycles. The molecule has 15 heavy (non-hydrogen) atoms. The van der Waals surface area contributed by atoms with Crippen LogP contribution >= 0.6 is 0 Å². The molecule has 3 heteroatoms. The second-order valence-electron chi connectivity index (χ2n) is 3.73. The average molecular weight is 211 g/mol. The van der Waals surface area contributed by atoms with Crippen LogP contribution in [0.2, 0.25) is 0 Å². The van der Waals surface area contributed by atoms with Gasteiger partial charge in [-0.1, -0.05) is 12.7 Å². The SMILES string of the molecule is C=C(OC(C)CO)/C(C)=C\C(C)=C(\C)N. The summed E-state index contributed by atoms with van der Waals surface area (Å²) in [5, 5.41) is 8.82. The molecule has 1 unspecified atom stereocenters. The molecule has 86 valence electrons. The van der Waals surface area contributed by atoms with E-state index in [1.54, 1.807) is 6.92 Å². The van der Waals surface area contributed by atoms with Gasteiger partial charge in [-0.25, -0.2) is 0 Å². The van der Waals surface area contributed by atoms with Crippen molar-refractivity contribution in [2.75, 3.05) is 6.61 Å². The van der Waals surface area contributed by atoms with Gasteiger partial charge in [-0.15, -0.1) is 0 Å². The van der Waals surface area contributed by atoms with Crippen molar-refractivity contribution in [1.29, 1.82) is 0 Å². The number of ether oxygens (including phenoxy) is 1. The predicted molar refractivity (Wildman–Crippen MR) is 63.1 cm³/mol. The molecule has 0 spiro atoms. The Morgan fingerprint density at radius 3 is 2.40 bits per heavy atom. The normalized spacial score (nSPS) is 15.7. The lowest BCUT2D eigenvalue weighted by Gasteiger charge is -2.14. The number of nitrogens with two attached hydrogens (primary N) is 1. The van der Waals surface area contributed by atoms with Gasteiger partial charge >= 0.3 is 0 Å². The summed E-state index contributed by atoms with van der Waals surface area (Å²) in [7, 11) is 0. The first-order chi connectivity index (χ1) is 6.88. The second-order valence-corrected chi connectivity index (χ2v) is 3.73. The van der Waals surface area contributed by atoms with Crippen molar-refractivity contribution < 1.29 is 9.84 Å². The fourth-order valence-corrected chi connectivity index (χ4v) is 0.892. The molecule has 0 aromatic rings. The molecule has 0 aliphatic carbocycles. The summed E-state index contributed by atoms with van der Waals surface area (Å²) >= 11 is 0. The summed E-state index contributed by atoms with van der Waals surface area (Å²) in [6, 6.07) is 0. The molecule has 3 nitrogen and oxygen atoms in total.